The average Bonchev–Trinajstić information content (AvgIpc) is 2.98. The molecule has 2 aromatic heterocycles. The monoisotopic (exact) mass is 355 g/mol. The van der Waals surface area contributed by atoms with Gasteiger partial charge in [0.15, 0.2) is 11.4 Å². The second-order valence-corrected chi connectivity index (χ2v) is 5.74. The van der Waals surface area contributed by atoms with E-state index in [1.807, 2.05) is 13.8 Å². The normalized spacial score (nSPS) is 11.7. The molecule has 0 aliphatic rings. The lowest BCUT2D eigenvalue weighted by molar-refractivity contribution is 0.360. The molecule has 2 heterocycles. The van der Waals surface area contributed by atoms with Crippen LogP contribution in [0.3, 0.4) is 0 Å². The third-order valence-electron chi connectivity index (χ3n) is 3.00. The zero-order valence-corrected chi connectivity index (χ0v) is 12.8. The summed E-state index contributed by atoms with van der Waals surface area (Å²) in [7, 11) is 0. The Labute approximate surface area is 126 Å². The van der Waals surface area contributed by atoms with Gasteiger partial charge in [0.05, 0.1) is 9.99 Å². The summed E-state index contributed by atoms with van der Waals surface area (Å²) in [5.74, 6) is -0.111. The average molecular weight is 356 g/mol. The second kappa shape index (κ2) is 5.10. The van der Waals surface area contributed by atoms with Gasteiger partial charge in [0.1, 0.15) is 12.4 Å². The molecule has 0 aliphatic carbocycles. The largest absolute Gasteiger partial charge is 0.420 e. The fourth-order valence-corrected chi connectivity index (χ4v) is 2.24. The Balaban J connectivity index is 2.05. The number of nitrogens with zero attached hydrogens (tertiary/aromatic N) is 3. The van der Waals surface area contributed by atoms with Gasteiger partial charge in [0.25, 0.3) is 0 Å². The maximum absolute atomic E-state index is 13.4. The van der Waals surface area contributed by atoms with Crippen molar-refractivity contribution in [3.8, 4) is 0 Å². The number of benzene rings is 1. The molecule has 3 rings (SSSR count). The molecule has 1 aromatic carbocycles. The molecular formula is C13H11BrFN3O3. The summed E-state index contributed by atoms with van der Waals surface area (Å²) in [6.07, 6.45) is 0. The van der Waals surface area contributed by atoms with Crippen molar-refractivity contribution in [2.45, 2.75) is 26.3 Å². The maximum Gasteiger partial charge on any atom is 0.420 e. The van der Waals surface area contributed by atoms with Crippen molar-refractivity contribution in [1.82, 2.24) is 14.7 Å². The Kier molecular flexibility index (Phi) is 3.40. The molecule has 0 fully saturated rings. The molecule has 0 atom stereocenters. The highest BCUT2D eigenvalue weighted by atomic mass is 79.9. The van der Waals surface area contributed by atoms with Gasteiger partial charge >= 0.3 is 5.76 Å². The summed E-state index contributed by atoms with van der Waals surface area (Å²) in [5.41, 5.74) is 0.627. The van der Waals surface area contributed by atoms with E-state index in [2.05, 4.69) is 26.1 Å². The van der Waals surface area contributed by atoms with Gasteiger partial charge in [0, 0.05) is 12.0 Å². The SMILES string of the molecule is CC(C)c1noc(Cn2c(=O)oc3cc(F)c(Br)cc32)n1. The lowest BCUT2D eigenvalue weighted by atomic mass is 10.2. The first kappa shape index (κ1) is 14.0. The fraction of sp³-hybridized carbons (Fsp3) is 0.308. The number of fused-ring (bicyclic) bond motifs is 1. The van der Waals surface area contributed by atoms with Crippen molar-refractivity contribution in [2.75, 3.05) is 0 Å². The molecule has 0 unspecified atom stereocenters. The number of oxazole rings is 1. The molecule has 0 saturated heterocycles. The van der Waals surface area contributed by atoms with Crippen LogP contribution < -0.4 is 5.76 Å². The molecule has 21 heavy (non-hydrogen) atoms. The number of aromatic nitrogens is 3. The van der Waals surface area contributed by atoms with Crippen molar-refractivity contribution < 1.29 is 13.3 Å². The first-order valence-corrected chi connectivity index (χ1v) is 7.06. The van der Waals surface area contributed by atoms with Gasteiger partial charge in [-0.2, -0.15) is 4.98 Å². The molecule has 0 radical (unpaired) electrons. The predicted molar refractivity (Wildman–Crippen MR) is 75.6 cm³/mol. The van der Waals surface area contributed by atoms with Crippen LogP contribution in [-0.2, 0) is 6.54 Å². The first-order chi connectivity index (χ1) is 9.95. The number of hydrogen-bond acceptors (Lipinski definition) is 5. The van der Waals surface area contributed by atoms with Crippen molar-refractivity contribution >= 4 is 27.0 Å². The third-order valence-corrected chi connectivity index (χ3v) is 3.61. The summed E-state index contributed by atoms with van der Waals surface area (Å²) >= 11 is 3.08. The summed E-state index contributed by atoms with van der Waals surface area (Å²) < 4.78 is 25.1. The number of halogens is 2. The van der Waals surface area contributed by atoms with Crippen LogP contribution in [0.4, 0.5) is 4.39 Å². The molecule has 3 aromatic rings. The minimum absolute atomic E-state index is 0.0730. The Morgan fingerprint density at radius 1 is 1.43 bits per heavy atom. The summed E-state index contributed by atoms with van der Waals surface area (Å²) in [5, 5.41) is 3.84. The maximum atomic E-state index is 13.4. The molecule has 8 heteroatoms. The van der Waals surface area contributed by atoms with E-state index in [-0.39, 0.29) is 22.5 Å². The fourth-order valence-electron chi connectivity index (χ4n) is 1.91. The molecule has 6 nitrogen and oxygen atoms in total. The molecular weight excluding hydrogens is 345 g/mol. The predicted octanol–water partition coefficient (Wildman–Crippen LogP) is 3.05. The van der Waals surface area contributed by atoms with Crippen LogP contribution in [0.5, 0.6) is 0 Å². The topological polar surface area (TPSA) is 74.1 Å². The van der Waals surface area contributed by atoms with E-state index in [1.54, 1.807) is 0 Å². The second-order valence-electron chi connectivity index (χ2n) is 4.89. The molecule has 0 amide bonds. The zero-order chi connectivity index (χ0) is 15.1. The lowest BCUT2D eigenvalue weighted by Crippen LogP contribution is -2.15. The smallest absolute Gasteiger partial charge is 0.408 e. The molecule has 0 N–H and O–H groups in total. The van der Waals surface area contributed by atoms with Crippen LogP contribution in [0.25, 0.3) is 11.1 Å². The van der Waals surface area contributed by atoms with E-state index in [0.717, 1.165) is 6.07 Å². The summed E-state index contributed by atoms with van der Waals surface area (Å²) in [4.78, 5) is 16.1. The quantitative estimate of drug-likeness (QED) is 0.721. The van der Waals surface area contributed by atoms with Crippen LogP contribution in [0.2, 0.25) is 0 Å². The van der Waals surface area contributed by atoms with E-state index in [9.17, 15) is 9.18 Å². The van der Waals surface area contributed by atoms with Gasteiger partial charge in [-0.15, -0.1) is 0 Å². The van der Waals surface area contributed by atoms with Crippen molar-refractivity contribution in [2.24, 2.45) is 0 Å². The lowest BCUT2D eigenvalue weighted by Gasteiger charge is -1.99. The van der Waals surface area contributed by atoms with E-state index in [1.165, 1.54) is 10.6 Å². The highest BCUT2D eigenvalue weighted by Crippen LogP contribution is 2.23. The molecule has 0 spiro atoms. The standard InChI is InChI=1S/C13H11BrFN3O3/c1-6(2)12-16-11(21-17-12)5-18-9-3-7(14)8(15)4-10(9)20-13(18)19/h3-4,6H,5H2,1-2H3. The van der Waals surface area contributed by atoms with Gasteiger partial charge < -0.3 is 8.94 Å². The number of hydrogen-bond donors (Lipinski definition) is 0. The minimum atomic E-state index is -0.605. The Morgan fingerprint density at radius 3 is 2.86 bits per heavy atom. The van der Waals surface area contributed by atoms with Gasteiger partial charge in [0.2, 0.25) is 5.89 Å². The molecule has 0 saturated carbocycles. The van der Waals surface area contributed by atoms with Crippen LogP contribution >= 0.6 is 15.9 Å². The Hall–Kier alpha value is -1.96. The van der Waals surface area contributed by atoms with Gasteiger partial charge in [-0.3, -0.25) is 4.57 Å². The summed E-state index contributed by atoms with van der Waals surface area (Å²) in [6, 6.07) is 2.64. The van der Waals surface area contributed by atoms with Crippen LogP contribution in [0.15, 0.2) is 30.3 Å². The van der Waals surface area contributed by atoms with Crippen molar-refractivity contribution in [1.29, 1.82) is 0 Å². The molecule has 110 valence electrons. The number of rotatable bonds is 3. The third kappa shape index (κ3) is 2.51. The Bertz CT molecular complexity index is 865. The van der Waals surface area contributed by atoms with Crippen molar-refractivity contribution in [3.05, 3.63) is 44.7 Å². The van der Waals surface area contributed by atoms with Crippen molar-refractivity contribution in [3.63, 3.8) is 0 Å². The van der Waals surface area contributed by atoms with E-state index in [4.69, 9.17) is 8.94 Å². The van der Waals surface area contributed by atoms with Crippen LogP contribution in [0.1, 0.15) is 31.5 Å². The van der Waals surface area contributed by atoms with Gasteiger partial charge in [-0.1, -0.05) is 19.0 Å². The van der Waals surface area contributed by atoms with E-state index >= 15 is 0 Å². The Morgan fingerprint density at radius 2 is 2.19 bits per heavy atom. The van der Waals surface area contributed by atoms with E-state index < -0.39 is 11.6 Å². The van der Waals surface area contributed by atoms with Gasteiger partial charge in [-0.05, 0) is 22.0 Å². The first-order valence-electron chi connectivity index (χ1n) is 6.26. The summed E-state index contributed by atoms with van der Waals surface area (Å²) in [6.45, 7) is 3.95. The highest BCUT2D eigenvalue weighted by Gasteiger charge is 2.16. The molecule has 0 aliphatic heterocycles. The molecule has 0 bridgehead atoms. The van der Waals surface area contributed by atoms with E-state index in [0.29, 0.717) is 17.2 Å². The van der Waals surface area contributed by atoms with Crippen LogP contribution in [-0.4, -0.2) is 14.7 Å². The highest BCUT2D eigenvalue weighted by molar-refractivity contribution is 9.10. The van der Waals surface area contributed by atoms with Gasteiger partial charge in [-0.25, -0.2) is 9.18 Å². The zero-order valence-electron chi connectivity index (χ0n) is 11.3. The minimum Gasteiger partial charge on any atom is -0.408 e. The van der Waals surface area contributed by atoms with Crippen LogP contribution in [0, 0.1) is 5.82 Å².